The Morgan fingerprint density at radius 1 is 1.09 bits per heavy atom. The van der Waals surface area contributed by atoms with Crippen LogP contribution in [0.5, 0.6) is 0 Å². The highest BCUT2D eigenvalue weighted by Crippen LogP contribution is 2.25. The van der Waals surface area contributed by atoms with Crippen LogP contribution in [0.3, 0.4) is 0 Å². The molecule has 0 aliphatic rings. The number of carbonyl (C=O) groups excluding carboxylic acids is 1. The lowest BCUT2D eigenvalue weighted by molar-refractivity contribution is -0.120. The van der Waals surface area contributed by atoms with E-state index in [2.05, 4.69) is 5.32 Å². The molecule has 0 saturated heterocycles. The Labute approximate surface area is 134 Å². The second-order valence-corrected chi connectivity index (χ2v) is 5.30. The van der Waals surface area contributed by atoms with Crippen LogP contribution in [0, 0.1) is 6.92 Å². The molecule has 0 radical (unpaired) electrons. The Kier molecular flexibility index (Phi) is 5.49. The van der Waals surface area contributed by atoms with Gasteiger partial charge in [-0.15, -0.1) is 0 Å². The summed E-state index contributed by atoms with van der Waals surface area (Å²) in [5, 5.41) is 12.2. The molecule has 2 aromatic rings. The maximum Gasteiger partial charge on any atom is 0.335 e. The molecule has 0 spiro atoms. The van der Waals surface area contributed by atoms with E-state index in [-0.39, 0.29) is 24.5 Å². The summed E-state index contributed by atoms with van der Waals surface area (Å²) in [7, 11) is 1.46. The standard InChI is InChI=1S/C18H19NO4/c1-12-3-5-13(6-4-12)14-7-15(18(21)22)9-16(8-14)19-10-17(20)11-23-2/h3-9,19H,10-11H2,1-2H3,(H,21,22). The van der Waals surface area contributed by atoms with Gasteiger partial charge in [0.15, 0.2) is 5.78 Å². The summed E-state index contributed by atoms with van der Waals surface area (Å²) in [4.78, 5) is 22.8. The molecule has 120 valence electrons. The molecule has 0 fully saturated rings. The molecule has 2 N–H and O–H groups in total. The van der Waals surface area contributed by atoms with Crippen molar-refractivity contribution in [2.24, 2.45) is 0 Å². The van der Waals surface area contributed by atoms with Gasteiger partial charge in [-0.2, -0.15) is 0 Å². The SMILES string of the molecule is COCC(=O)CNc1cc(C(=O)O)cc(-c2ccc(C)cc2)c1. The van der Waals surface area contributed by atoms with E-state index in [1.807, 2.05) is 37.3 Å². The first-order chi connectivity index (χ1) is 11.0. The predicted octanol–water partition coefficient (Wildman–Crippen LogP) is 2.99. The quantitative estimate of drug-likeness (QED) is 0.822. The highest BCUT2D eigenvalue weighted by molar-refractivity contribution is 5.92. The van der Waals surface area contributed by atoms with Crippen molar-refractivity contribution >= 4 is 17.4 Å². The molecule has 0 aromatic heterocycles. The molecule has 2 rings (SSSR count). The largest absolute Gasteiger partial charge is 0.478 e. The van der Waals surface area contributed by atoms with Gasteiger partial charge >= 0.3 is 5.97 Å². The number of aryl methyl sites for hydroxylation is 1. The van der Waals surface area contributed by atoms with Gasteiger partial charge in [0.05, 0.1) is 12.1 Å². The maximum atomic E-state index is 11.5. The Hall–Kier alpha value is -2.66. The average Bonchev–Trinajstić information content (AvgIpc) is 2.53. The maximum absolute atomic E-state index is 11.5. The van der Waals surface area contributed by atoms with Crippen molar-refractivity contribution in [1.82, 2.24) is 0 Å². The van der Waals surface area contributed by atoms with Crippen LogP contribution in [0.4, 0.5) is 5.69 Å². The molecule has 2 aromatic carbocycles. The van der Waals surface area contributed by atoms with Crippen molar-refractivity contribution in [2.45, 2.75) is 6.92 Å². The van der Waals surface area contributed by atoms with Gasteiger partial charge in [-0.25, -0.2) is 4.79 Å². The van der Waals surface area contributed by atoms with E-state index in [1.54, 1.807) is 6.07 Å². The van der Waals surface area contributed by atoms with Gasteiger partial charge in [0.25, 0.3) is 0 Å². The highest BCUT2D eigenvalue weighted by atomic mass is 16.5. The fraction of sp³-hybridized carbons (Fsp3) is 0.222. The van der Waals surface area contributed by atoms with Crippen LogP contribution >= 0.6 is 0 Å². The monoisotopic (exact) mass is 313 g/mol. The van der Waals surface area contributed by atoms with Gasteiger partial charge < -0.3 is 15.2 Å². The number of hydrogen-bond donors (Lipinski definition) is 2. The van der Waals surface area contributed by atoms with Gasteiger partial charge in [-0.3, -0.25) is 4.79 Å². The molecule has 23 heavy (non-hydrogen) atoms. The molecule has 0 aliphatic carbocycles. The van der Waals surface area contributed by atoms with Crippen LogP contribution in [0.1, 0.15) is 15.9 Å². The number of aromatic carboxylic acids is 1. The second kappa shape index (κ2) is 7.56. The van der Waals surface area contributed by atoms with Crippen LogP contribution in [0.2, 0.25) is 0 Å². The van der Waals surface area contributed by atoms with Crippen molar-refractivity contribution in [3.05, 3.63) is 53.6 Å². The number of ether oxygens (including phenoxy) is 1. The number of carboxylic acid groups (broad SMARTS) is 1. The van der Waals surface area contributed by atoms with Crippen molar-refractivity contribution in [3.63, 3.8) is 0 Å². The Bertz CT molecular complexity index is 707. The summed E-state index contributed by atoms with van der Waals surface area (Å²) >= 11 is 0. The second-order valence-electron chi connectivity index (χ2n) is 5.30. The zero-order valence-electron chi connectivity index (χ0n) is 13.1. The number of methoxy groups -OCH3 is 1. The number of nitrogens with one attached hydrogen (secondary N) is 1. The first-order valence-electron chi connectivity index (χ1n) is 7.19. The van der Waals surface area contributed by atoms with Crippen LogP contribution in [-0.2, 0) is 9.53 Å². The first-order valence-corrected chi connectivity index (χ1v) is 7.19. The van der Waals surface area contributed by atoms with Gasteiger partial charge in [0.1, 0.15) is 6.61 Å². The average molecular weight is 313 g/mol. The lowest BCUT2D eigenvalue weighted by atomic mass is 10.0. The van der Waals surface area contributed by atoms with E-state index >= 15 is 0 Å². The minimum atomic E-state index is -1.01. The minimum absolute atomic E-state index is 0.0242. The van der Waals surface area contributed by atoms with Crippen molar-refractivity contribution < 1.29 is 19.4 Å². The highest BCUT2D eigenvalue weighted by Gasteiger charge is 2.09. The molecule has 0 bridgehead atoms. The van der Waals surface area contributed by atoms with Gasteiger partial charge in [0.2, 0.25) is 0 Å². The van der Waals surface area contributed by atoms with Crippen molar-refractivity contribution in [1.29, 1.82) is 0 Å². The van der Waals surface area contributed by atoms with E-state index in [0.29, 0.717) is 5.69 Å². The van der Waals surface area contributed by atoms with Crippen LogP contribution in [0.25, 0.3) is 11.1 Å². The molecule has 5 nitrogen and oxygen atoms in total. The van der Waals surface area contributed by atoms with E-state index in [4.69, 9.17) is 4.74 Å². The molecular weight excluding hydrogens is 294 g/mol. The zero-order valence-corrected chi connectivity index (χ0v) is 13.1. The topological polar surface area (TPSA) is 75.6 Å². The van der Waals surface area contributed by atoms with Gasteiger partial charge in [-0.05, 0) is 36.2 Å². The van der Waals surface area contributed by atoms with Crippen LogP contribution in [-0.4, -0.2) is 37.1 Å². The third-order valence-electron chi connectivity index (χ3n) is 3.36. The van der Waals surface area contributed by atoms with Gasteiger partial charge in [-0.1, -0.05) is 29.8 Å². The number of benzene rings is 2. The summed E-state index contributed by atoms with van der Waals surface area (Å²) < 4.78 is 4.77. The fourth-order valence-electron chi connectivity index (χ4n) is 2.18. The lowest BCUT2D eigenvalue weighted by Crippen LogP contribution is -2.18. The van der Waals surface area contributed by atoms with Crippen molar-refractivity contribution in [2.75, 3.05) is 25.6 Å². The molecule has 5 heteroatoms. The number of hydrogen-bond acceptors (Lipinski definition) is 4. The lowest BCUT2D eigenvalue weighted by Gasteiger charge is -2.10. The fourth-order valence-corrected chi connectivity index (χ4v) is 2.18. The Morgan fingerprint density at radius 2 is 1.78 bits per heavy atom. The van der Waals surface area contributed by atoms with Crippen molar-refractivity contribution in [3.8, 4) is 11.1 Å². The zero-order chi connectivity index (χ0) is 16.8. The number of carboxylic acids is 1. The van der Waals surface area contributed by atoms with Crippen LogP contribution < -0.4 is 5.32 Å². The molecule has 0 heterocycles. The normalized spacial score (nSPS) is 10.3. The first kappa shape index (κ1) is 16.7. The summed E-state index contributed by atoms with van der Waals surface area (Å²) in [6.45, 7) is 2.10. The molecule has 0 amide bonds. The molecule has 0 unspecified atom stereocenters. The number of Topliss-reactive ketones (excluding diaryl/α,β-unsaturated/α-hetero) is 1. The Balaban J connectivity index is 2.30. The summed E-state index contributed by atoms with van der Waals surface area (Å²) in [5.41, 5.74) is 3.60. The smallest absolute Gasteiger partial charge is 0.335 e. The van der Waals surface area contributed by atoms with E-state index < -0.39 is 5.97 Å². The minimum Gasteiger partial charge on any atom is -0.478 e. The number of ketones is 1. The van der Waals surface area contributed by atoms with E-state index in [1.165, 1.54) is 13.2 Å². The third kappa shape index (κ3) is 4.66. The third-order valence-corrected chi connectivity index (χ3v) is 3.36. The summed E-state index contributed by atoms with van der Waals surface area (Å²) in [5.74, 6) is -1.12. The van der Waals surface area contributed by atoms with Gasteiger partial charge in [0, 0.05) is 12.8 Å². The Morgan fingerprint density at radius 3 is 2.39 bits per heavy atom. The van der Waals surface area contributed by atoms with Crippen LogP contribution in [0.15, 0.2) is 42.5 Å². The summed E-state index contributed by atoms with van der Waals surface area (Å²) in [6, 6.07) is 12.8. The molecule has 0 aliphatic heterocycles. The number of rotatable bonds is 7. The molecular formula is C18H19NO4. The number of anilines is 1. The predicted molar refractivity (Wildman–Crippen MR) is 88.9 cm³/mol. The summed E-state index contributed by atoms with van der Waals surface area (Å²) in [6.07, 6.45) is 0. The molecule has 0 atom stereocenters. The number of carbonyl (C=O) groups is 2. The molecule has 0 saturated carbocycles. The van der Waals surface area contributed by atoms with E-state index in [9.17, 15) is 14.7 Å². The van der Waals surface area contributed by atoms with E-state index in [0.717, 1.165) is 16.7 Å².